The number of rotatable bonds is 7. The molecule has 76 valence electrons. The van der Waals surface area contributed by atoms with Crippen molar-refractivity contribution in [3.63, 3.8) is 0 Å². The lowest BCUT2D eigenvalue weighted by Gasteiger charge is -2.29. The monoisotopic (exact) mass is 184 g/mol. The Bertz CT molecular complexity index is 162. The number of nitrogens with two attached hydrogens (primary N) is 1. The Morgan fingerprint density at radius 1 is 1.69 bits per heavy atom. The molecule has 0 aliphatic carbocycles. The van der Waals surface area contributed by atoms with Gasteiger partial charge < -0.3 is 15.4 Å². The van der Waals surface area contributed by atoms with Crippen molar-refractivity contribution in [3.05, 3.63) is 25.2 Å². The molecule has 0 aromatic rings. The third kappa shape index (κ3) is 3.99. The lowest BCUT2D eigenvalue weighted by molar-refractivity contribution is 0.126. The van der Waals surface area contributed by atoms with Gasteiger partial charge in [-0.15, -0.1) is 0 Å². The van der Waals surface area contributed by atoms with Gasteiger partial charge in [0.2, 0.25) is 0 Å². The first-order valence-electron chi connectivity index (χ1n) is 4.51. The van der Waals surface area contributed by atoms with Crippen LogP contribution in [0.25, 0.3) is 0 Å². The Morgan fingerprint density at radius 3 is 2.62 bits per heavy atom. The molecule has 0 bridgehead atoms. The van der Waals surface area contributed by atoms with Gasteiger partial charge in [-0.1, -0.05) is 26.5 Å². The lowest BCUT2D eigenvalue weighted by Crippen LogP contribution is -2.36. The quantitative estimate of drug-likeness (QED) is 0.654. The molecule has 0 heterocycles. The van der Waals surface area contributed by atoms with E-state index in [4.69, 9.17) is 10.5 Å². The molecule has 3 heteroatoms. The van der Waals surface area contributed by atoms with E-state index in [0.717, 1.165) is 12.8 Å². The third-order valence-electron chi connectivity index (χ3n) is 1.90. The number of nitrogens with zero attached hydrogens (tertiary/aromatic N) is 1. The lowest BCUT2D eigenvalue weighted by atomic mass is 10.1. The summed E-state index contributed by atoms with van der Waals surface area (Å²) in [4.78, 5) is 1.85. The number of hydrogen-bond donors (Lipinski definition) is 1. The summed E-state index contributed by atoms with van der Waals surface area (Å²) in [6.07, 6.45) is 3.81. The van der Waals surface area contributed by atoms with E-state index in [1.54, 1.807) is 13.3 Å². The molecule has 0 aliphatic heterocycles. The van der Waals surface area contributed by atoms with Crippen molar-refractivity contribution in [2.45, 2.75) is 25.8 Å². The van der Waals surface area contributed by atoms with Gasteiger partial charge in [0.15, 0.2) is 0 Å². The van der Waals surface area contributed by atoms with E-state index >= 15 is 0 Å². The van der Waals surface area contributed by atoms with Gasteiger partial charge in [-0.05, 0) is 12.6 Å². The summed E-state index contributed by atoms with van der Waals surface area (Å²) in [6, 6.07) is 0.255. The van der Waals surface area contributed by atoms with Gasteiger partial charge in [-0.3, -0.25) is 0 Å². The number of hydrogen-bond acceptors (Lipinski definition) is 3. The third-order valence-corrected chi connectivity index (χ3v) is 1.90. The van der Waals surface area contributed by atoms with Gasteiger partial charge in [-0.25, -0.2) is 0 Å². The fourth-order valence-electron chi connectivity index (χ4n) is 1.33. The topological polar surface area (TPSA) is 38.5 Å². The smallest absolute Gasteiger partial charge is 0.0955 e. The molecular formula is C10H20N2O. The molecule has 1 atom stereocenters. The zero-order valence-electron chi connectivity index (χ0n) is 8.62. The molecule has 0 radical (unpaired) electrons. The maximum Gasteiger partial charge on any atom is 0.0955 e. The first kappa shape index (κ1) is 12.0. The van der Waals surface area contributed by atoms with Gasteiger partial charge in [0.1, 0.15) is 0 Å². The number of ether oxygens (including phenoxy) is 1. The van der Waals surface area contributed by atoms with Gasteiger partial charge in [0.25, 0.3) is 0 Å². The first-order chi connectivity index (χ1) is 6.17. The normalized spacial score (nSPS) is 12.2. The van der Waals surface area contributed by atoms with Crippen molar-refractivity contribution in [3.8, 4) is 0 Å². The molecule has 0 aromatic heterocycles. The van der Waals surface area contributed by atoms with Crippen LogP contribution in [-0.4, -0.2) is 24.7 Å². The highest BCUT2D eigenvalue weighted by Crippen LogP contribution is 2.10. The molecule has 0 amide bonds. The maximum atomic E-state index is 5.61. The van der Waals surface area contributed by atoms with E-state index in [1.165, 1.54) is 0 Å². The standard InChI is InChI=1S/C10H20N2O/c1-5-7-10(8-13-4)12(6-2)9(3)11/h6,10H,2-3,5,7-8,11H2,1,4H3. The molecule has 13 heavy (non-hydrogen) atoms. The van der Waals surface area contributed by atoms with Crippen LogP contribution in [0.1, 0.15) is 19.8 Å². The second-order valence-corrected chi connectivity index (χ2v) is 2.98. The average Bonchev–Trinajstić information content (AvgIpc) is 2.05. The molecule has 0 spiro atoms. The highest BCUT2D eigenvalue weighted by molar-refractivity contribution is 4.96. The Kier molecular flexibility index (Phi) is 6.06. The van der Waals surface area contributed by atoms with E-state index in [-0.39, 0.29) is 6.04 Å². The Morgan fingerprint density at radius 2 is 2.31 bits per heavy atom. The Labute approximate surface area is 80.9 Å². The van der Waals surface area contributed by atoms with Crippen LogP contribution in [0.2, 0.25) is 0 Å². The van der Waals surface area contributed by atoms with Crippen molar-refractivity contribution in [1.29, 1.82) is 0 Å². The predicted molar refractivity (Wildman–Crippen MR) is 55.9 cm³/mol. The average molecular weight is 184 g/mol. The van der Waals surface area contributed by atoms with Crippen LogP contribution in [0.5, 0.6) is 0 Å². The molecule has 1 unspecified atom stereocenters. The molecular weight excluding hydrogens is 164 g/mol. The number of methoxy groups -OCH3 is 1. The molecule has 3 nitrogen and oxygen atoms in total. The summed E-state index contributed by atoms with van der Waals surface area (Å²) in [5, 5.41) is 0. The summed E-state index contributed by atoms with van der Waals surface area (Å²) in [5.41, 5.74) is 5.61. The van der Waals surface area contributed by atoms with Crippen LogP contribution < -0.4 is 5.73 Å². The molecule has 0 saturated carbocycles. The second kappa shape index (κ2) is 6.54. The minimum absolute atomic E-state index is 0.255. The molecule has 0 fully saturated rings. The molecule has 0 aliphatic rings. The van der Waals surface area contributed by atoms with Gasteiger partial charge in [0, 0.05) is 7.11 Å². The van der Waals surface area contributed by atoms with Crippen LogP contribution in [0.4, 0.5) is 0 Å². The van der Waals surface area contributed by atoms with Crippen LogP contribution in [0, 0.1) is 0 Å². The molecule has 0 aromatic carbocycles. The van der Waals surface area contributed by atoms with E-state index < -0.39 is 0 Å². The maximum absolute atomic E-state index is 5.61. The van der Waals surface area contributed by atoms with E-state index in [1.807, 2.05) is 4.90 Å². The van der Waals surface area contributed by atoms with Crippen LogP contribution >= 0.6 is 0 Å². The highest BCUT2D eigenvalue weighted by Gasteiger charge is 2.14. The van der Waals surface area contributed by atoms with Crippen LogP contribution in [0.15, 0.2) is 25.2 Å². The summed E-state index contributed by atoms with van der Waals surface area (Å²) in [7, 11) is 1.68. The van der Waals surface area contributed by atoms with E-state index in [2.05, 4.69) is 20.1 Å². The van der Waals surface area contributed by atoms with E-state index in [0.29, 0.717) is 12.4 Å². The minimum atomic E-state index is 0.255. The van der Waals surface area contributed by atoms with E-state index in [9.17, 15) is 0 Å². The highest BCUT2D eigenvalue weighted by atomic mass is 16.5. The van der Waals surface area contributed by atoms with Gasteiger partial charge in [-0.2, -0.15) is 0 Å². The van der Waals surface area contributed by atoms with Crippen molar-refractivity contribution in [1.82, 2.24) is 4.90 Å². The fourth-order valence-corrected chi connectivity index (χ4v) is 1.33. The first-order valence-corrected chi connectivity index (χ1v) is 4.51. The summed E-state index contributed by atoms with van der Waals surface area (Å²) in [5.74, 6) is 0.519. The van der Waals surface area contributed by atoms with Crippen molar-refractivity contribution in [2.75, 3.05) is 13.7 Å². The van der Waals surface area contributed by atoms with Crippen LogP contribution in [0.3, 0.4) is 0 Å². The van der Waals surface area contributed by atoms with Crippen molar-refractivity contribution >= 4 is 0 Å². The van der Waals surface area contributed by atoms with Crippen molar-refractivity contribution < 1.29 is 4.74 Å². The fraction of sp³-hybridized carbons (Fsp3) is 0.600. The summed E-state index contributed by atoms with van der Waals surface area (Å²) in [6.45, 7) is 10.2. The second-order valence-electron chi connectivity index (χ2n) is 2.98. The Hall–Kier alpha value is -0.960. The summed E-state index contributed by atoms with van der Waals surface area (Å²) < 4.78 is 5.10. The zero-order chi connectivity index (χ0) is 10.3. The minimum Gasteiger partial charge on any atom is -0.386 e. The zero-order valence-corrected chi connectivity index (χ0v) is 8.62. The van der Waals surface area contributed by atoms with Gasteiger partial charge >= 0.3 is 0 Å². The van der Waals surface area contributed by atoms with Crippen molar-refractivity contribution in [2.24, 2.45) is 5.73 Å². The Balaban J connectivity index is 4.28. The summed E-state index contributed by atoms with van der Waals surface area (Å²) >= 11 is 0. The largest absolute Gasteiger partial charge is 0.386 e. The molecule has 0 rings (SSSR count). The molecule has 2 N–H and O–H groups in total. The van der Waals surface area contributed by atoms with Gasteiger partial charge in [0.05, 0.1) is 18.5 Å². The molecule has 0 saturated heterocycles. The predicted octanol–water partition coefficient (Wildman–Crippen LogP) is 1.68. The van der Waals surface area contributed by atoms with Crippen LogP contribution in [-0.2, 0) is 4.74 Å². The SMILES string of the molecule is C=CN(C(=C)N)C(CCC)COC.